The van der Waals surface area contributed by atoms with E-state index in [1.807, 2.05) is 0 Å². The third-order valence-corrected chi connectivity index (χ3v) is 4.45. The molecule has 0 atom stereocenters. The molecule has 0 saturated carbocycles. The lowest BCUT2D eigenvalue weighted by atomic mass is 10.1. The van der Waals surface area contributed by atoms with Gasteiger partial charge in [-0.1, -0.05) is 97.8 Å². The zero-order valence-electron chi connectivity index (χ0n) is 17.3. The van der Waals surface area contributed by atoms with E-state index >= 15 is 0 Å². The predicted octanol–water partition coefficient (Wildman–Crippen LogP) is 7.42. The van der Waals surface area contributed by atoms with Crippen molar-refractivity contribution < 1.29 is 0 Å². The SMILES string of the molecule is CCc1ccc(C)cc1.CCc1cccc(C)c1.Cc1ccccc1C. The van der Waals surface area contributed by atoms with E-state index in [2.05, 4.69) is 114 Å². The highest BCUT2D eigenvalue weighted by atomic mass is 13.9. The maximum Gasteiger partial charge on any atom is -0.0307 e. The molecule has 0 aliphatic rings. The third kappa shape index (κ3) is 8.67. The van der Waals surface area contributed by atoms with Gasteiger partial charge in [0.1, 0.15) is 0 Å². The van der Waals surface area contributed by atoms with Crippen molar-refractivity contribution in [1.29, 1.82) is 0 Å². The Bertz CT molecular complexity index is 730. The first-order valence-corrected chi connectivity index (χ1v) is 9.59. The predicted molar refractivity (Wildman–Crippen MR) is 117 cm³/mol. The van der Waals surface area contributed by atoms with Crippen LogP contribution < -0.4 is 0 Å². The van der Waals surface area contributed by atoms with Crippen LogP contribution in [0.15, 0.2) is 72.8 Å². The molecular formula is C26H34. The molecule has 0 bridgehead atoms. The minimum absolute atomic E-state index is 1.14. The van der Waals surface area contributed by atoms with E-state index in [0.717, 1.165) is 12.8 Å². The Morgan fingerprint density at radius 2 is 1.04 bits per heavy atom. The molecule has 0 aliphatic heterocycles. The van der Waals surface area contributed by atoms with E-state index in [0.29, 0.717) is 0 Å². The van der Waals surface area contributed by atoms with Crippen molar-refractivity contribution in [2.75, 3.05) is 0 Å². The van der Waals surface area contributed by atoms with Gasteiger partial charge in [-0.05, 0) is 62.8 Å². The lowest BCUT2D eigenvalue weighted by Crippen LogP contribution is -1.78. The molecular weight excluding hydrogens is 312 g/mol. The van der Waals surface area contributed by atoms with E-state index < -0.39 is 0 Å². The molecule has 138 valence electrons. The Morgan fingerprint density at radius 1 is 0.500 bits per heavy atom. The van der Waals surface area contributed by atoms with Crippen molar-refractivity contribution in [1.82, 2.24) is 0 Å². The van der Waals surface area contributed by atoms with E-state index in [1.165, 1.54) is 33.4 Å². The molecule has 0 heterocycles. The zero-order chi connectivity index (χ0) is 19.4. The molecule has 0 N–H and O–H groups in total. The van der Waals surface area contributed by atoms with Gasteiger partial charge in [0.15, 0.2) is 0 Å². The number of benzene rings is 3. The summed E-state index contributed by atoms with van der Waals surface area (Å²) in [5.74, 6) is 0. The van der Waals surface area contributed by atoms with Gasteiger partial charge in [-0.2, -0.15) is 0 Å². The number of aryl methyl sites for hydroxylation is 6. The second-order valence-electron chi connectivity index (χ2n) is 6.77. The Balaban J connectivity index is 0.000000195. The number of hydrogen-bond acceptors (Lipinski definition) is 0. The standard InChI is InChI=1S/2C9H12.C8H10/c1-3-9-6-4-8(2)5-7-9;1-3-9-6-4-5-8(2)7-9;1-7-5-3-4-6-8(7)2/h2*4-7H,3H2,1-2H3;3-6H,1-2H3. The van der Waals surface area contributed by atoms with Crippen LogP contribution in [-0.4, -0.2) is 0 Å². The molecule has 0 heteroatoms. The summed E-state index contributed by atoms with van der Waals surface area (Å²) in [4.78, 5) is 0. The van der Waals surface area contributed by atoms with E-state index in [4.69, 9.17) is 0 Å². The largest absolute Gasteiger partial charge is 0.0620 e. The fraction of sp³-hybridized carbons (Fsp3) is 0.308. The van der Waals surface area contributed by atoms with Crippen LogP contribution in [0.3, 0.4) is 0 Å². The molecule has 0 radical (unpaired) electrons. The van der Waals surface area contributed by atoms with E-state index in [1.54, 1.807) is 0 Å². The average molecular weight is 347 g/mol. The number of hydrogen-bond donors (Lipinski definition) is 0. The molecule has 3 aromatic carbocycles. The van der Waals surface area contributed by atoms with E-state index in [-0.39, 0.29) is 0 Å². The molecule has 0 aliphatic carbocycles. The van der Waals surface area contributed by atoms with Gasteiger partial charge in [-0.25, -0.2) is 0 Å². The van der Waals surface area contributed by atoms with Crippen LogP contribution >= 0.6 is 0 Å². The van der Waals surface area contributed by atoms with Crippen LogP contribution in [0.2, 0.25) is 0 Å². The second-order valence-corrected chi connectivity index (χ2v) is 6.77. The van der Waals surface area contributed by atoms with Gasteiger partial charge in [0.05, 0.1) is 0 Å². The summed E-state index contributed by atoms with van der Waals surface area (Å²) < 4.78 is 0. The summed E-state index contributed by atoms with van der Waals surface area (Å²) in [6.45, 7) is 12.8. The number of rotatable bonds is 2. The van der Waals surface area contributed by atoms with Crippen LogP contribution in [0.5, 0.6) is 0 Å². The fourth-order valence-corrected chi connectivity index (χ4v) is 2.42. The Labute approximate surface area is 160 Å². The average Bonchev–Trinajstić information content (AvgIpc) is 2.66. The van der Waals surface area contributed by atoms with Crippen molar-refractivity contribution in [2.45, 2.75) is 54.4 Å². The summed E-state index contributed by atoms with van der Waals surface area (Å²) in [7, 11) is 0. The van der Waals surface area contributed by atoms with Crippen molar-refractivity contribution >= 4 is 0 Å². The molecule has 0 unspecified atom stereocenters. The van der Waals surface area contributed by atoms with Crippen molar-refractivity contribution in [3.05, 3.63) is 106 Å². The Kier molecular flexibility index (Phi) is 10.1. The smallest absolute Gasteiger partial charge is 0.0307 e. The second kappa shape index (κ2) is 12.1. The molecule has 0 aromatic heterocycles. The Hall–Kier alpha value is -2.34. The maximum atomic E-state index is 2.22. The van der Waals surface area contributed by atoms with Crippen LogP contribution in [-0.2, 0) is 12.8 Å². The highest BCUT2D eigenvalue weighted by molar-refractivity contribution is 5.23. The monoisotopic (exact) mass is 346 g/mol. The highest BCUT2D eigenvalue weighted by Gasteiger charge is 1.86. The van der Waals surface area contributed by atoms with E-state index in [9.17, 15) is 0 Å². The highest BCUT2D eigenvalue weighted by Crippen LogP contribution is 2.04. The van der Waals surface area contributed by atoms with Gasteiger partial charge in [0.25, 0.3) is 0 Å². The van der Waals surface area contributed by atoms with Crippen LogP contribution in [0.4, 0.5) is 0 Å². The van der Waals surface area contributed by atoms with Crippen LogP contribution in [0.25, 0.3) is 0 Å². The van der Waals surface area contributed by atoms with Gasteiger partial charge in [-0.15, -0.1) is 0 Å². The summed E-state index contributed by atoms with van der Waals surface area (Å²) in [5.41, 5.74) is 8.28. The molecule has 3 rings (SSSR count). The van der Waals surface area contributed by atoms with Gasteiger partial charge in [0.2, 0.25) is 0 Å². The molecule has 0 spiro atoms. The van der Waals surface area contributed by atoms with Gasteiger partial charge in [-0.3, -0.25) is 0 Å². The first-order chi connectivity index (χ1) is 12.5. The molecule has 3 aromatic rings. The maximum absolute atomic E-state index is 2.22. The minimum atomic E-state index is 1.14. The minimum Gasteiger partial charge on any atom is -0.0620 e. The molecule has 0 nitrogen and oxygen atoms in total. The van der Waals surface area contributed by atoms with Crippen molar-refractivity contribution in [3.8, 4) is 0 Å². The molecule has 26 heavy (non-hydrogen) atoms. The quantitative estimate of drug-likeness (QED) is 0.453. The first kappa shape index (κ1) is 21.7. The van der Waals surface area contributed by atoms with Gasteiger partial charge < -0.3 is 0 Å². The topological polar surface area (TPSA) is 0 Å². The van der Waals surface area contributed by atoms with Crippen LogP contribution in [0.1, 0.15) is 47.2 Å². The lowest BCUT2D eigenvalue weighted by Gasteiger charge is -1.95. The summed E-state index contributed by atoms with van der Waals surface area (Å²) in [5, 5.41) is 0. The lowest BCUT2D eigenvalue weighted by molar-refractivity contribution is 1.13. The first-order valence-electron chi connectivity index (χ1n) is 9.59. The summed E-state index contributed by atoms with van der Waals surface area (Å²) >= 11 is 0. The molecule has 0 saturated heterocycles. The Morgan fingerprint density at radius 3 is 1.42 bits per heavy atom. The van der Waals surface area contributed by atoms with Gasteiger partial charge in [0, 0.05) is 0 Å². The zero-order valence-corrected chi connectivity index (χ0v) is 17.3. The molecule has 0 amide bonds. The normalized spacial score (nSPS) is 9.46. The third-order valence-electron chi connectivity index (χ3n) is 4.45. The summed E-state index contributed by atoms with van der Waals surface area (Å²) in [6, 6.07) is 25.6. The van der Waals surface area contributed by atoms with Crippen molar-refractivity contribution in [2.24, 2.45) is 0 Å². The van der Waals surface area contributed by atoms with Gasteiger partial charge >= 0.3 is 0 Å². The summed E-state index contributed by atoms with van der Waals surface area (Å²) in [6.07, 6.45) is 2.28. The fourth-order valence-electron chi connectivity index (χ4n) is 2.42. The molecule has 0 fully saturated rings. The van der Waals surface area contributed by atoms with Crippen molar-refractivity contribution in [3.63, 3.8) is 0 Å². The van der Waals surface area contributed by atoms with Crippen LogP contribution in [0, 0.1) is 27.7 Å².